The highest BCUT2D eigenvalue weighted by atomic mass is 16.4. The van der Waals surface area contributed by atoms with Gasteiger partial charge in [0.1, 0.15) is 0 Å². The minimum absolute atomic E-state index is 0.129. The van der Waals surface area contributed by atoms with Crippen LogP contribution in [0.3, 0.4) is 0 Å². The minimum atomic E-state index is -1.02. The summed E-state index contributed by atoms with van der Waals surface area (Å²) in [4.78, 5) is 11.5. The molecule has 3 nitrogen and oxygen atoms in total. The van der Waals surface area contributed by atoms with Crippen LogP contribution in [0, 0.1) is 20.8 Å². The lowest BCUT2D eigenvalue weighted by molar-refractivity contribution is -0.143. The molecule has 1 aromatic rings. The van der Waals surface area contributed by atoms with Crippen molar-refractivity contribution in [3.8, 4) is 0 Å². The molecule has 0 aliphatic rings. The summed E-state index contributed by atoms with van der Waals surface area (Å²) in [6.07, 6.45) is 0.229. The van der Waals surface area contributed by atoms with Gasteiger partial charge in [-0.3, -0.25) is 4.79 Å². The minimum Gasteiger partial charge on any atom is -0.481 e. The number of hydrogen-bond donors (Lipinski definition) is 2. The van der Waals surface area contributed by atoms with Gasteiger partial charge in [-0.15, -0.1) is 0 Å². The number of hydrogen-bond acceptors (Lipinski definition) is 2. The number of aryl methyl sites for hydroxylation is 3. The number of carbonyl (C=O) groups is 1. The molecule has 0 amide bonds. The highest BCUT2D eigenvalue weighted by Crippen LogP contribution is 2.33. The fourth-order valence-corrected chi connectivity index (χ4v) is 2.61. The molecule has 0 saturated heterocycles. The molecule has 94 valence electrons. The van der Waals surface area contributed by atoms with Crippen molar-refractivity contribution in [2.45, 2.75) is 39.5 Å². The largest absolute Gasteiger partial charge is 0.481 e. The van der Waals surface area contributed by atoms with Crippen LogP contribution in [0.2, 0.25) is 0 Å². The Labute approximate surface area is 102 Å². The molecule has 1 unspecified atom stereocenters. The maximum atomic E-state index is 11.5. The average molecular weight is 236 g/mol. The average Bonchev–Trinajstić information content (AvgIpc) is 2.15. The maximum absolute atomic E-state index is 11.5. The first-order chi connectivity index (χ1) is 7.82. The molecule has 0 heterocycles. The van der Waals surface area contributed by atoms with Gasteiger partial charge < -0.3 is 10.2 Å². The summed E-state index contributed by atoms with van der Waals surface area (Å²) in [6, 6.07) is 3.97. The fraction of sp³-hybridized carbons (Fsp3) is 0.500. The lowest BCUT2D eigenvalue weighted by Gasteiger charge is -2.28. The molecule has 3 heteroatoms. The Kier molecular flexibility index (Phi) is 3.94. The zero-order valence-corrected chi connectivity index (χ0v) is 10.9. The van der Waals surface area contributed by atoms with Crippen LogP contribution in [-0.4, -0.2) is 22.8 Å². The number of rotatable bonds is 4. The van der Waals surface area contributed by atoms with E-state index in [4.69, 9.17) is 5.11 Å². The Morgan fingerprint density at radius 3 is 2.06 bits per heavy atom. The predicted octanol–water partition coefficient (Wildman–Crippen LogP) is 2.34. The van der Waals surface area contributed by atoms with E-state index in [-0.39, 0.29) is 13.0 Å². The summed E-state index contributed by atoms with van der Waals surface area (Å²) in [6.45, 7) is 7.39. The van der Waals surface area contributed by atoms with E-state index >= 15 is 0 Å². The van der Waals surface area contributed by atoms with Crippen molar-refractivity contribution in [2.24, 2.45) is 0 Å². The van der Waals surface area contributed by atoms with Crippen molar-refractivity contribution in [3.05, 3.63) is 34.4 Å². The Morgan fingerprint density at radius 1 is 1.24 bits per heavy atom. The first kappa shape index (κ1) is 13.7. The zero-order chi connectivity index (χ0) is 13.2. The van der Waals surface area contributed by atoms with Crippen LogP contribution in [0.25, 0.3) is 0 Å². The Bertz CT molecular complexity index is 414. The molecule has 0 spiro atoms. The van der Waals surface area contributed by atoms with Gasteiger partial charge in [0.15, 0.2) is 0 Å². The van der Waals surface area contributed by atoms with Crippen LogP contribution in [0.15, 0.2) is 12.1 Å². The van der Waals surface area contributed by atoms with Gasteiger partial charge in [0.2, 0.25) is 0 Å². The van der Waals surface area contributed by atoms with E-state index in [1.807, 2.05) is 32.9 Å². The molecular formula is C14H20O3. The fourth-order valence-electron chi connectivity index (χ4n) is 2.61. The molecule has 0 saturated carbocycles. The number of carboxylic acid groups (broad SMARTS) is 1. The van der Waals surface area contributed by atoms with Crippen LogP contribution in [0.5, 0.6) is 0 Å². The van der Waals surface area contributed by atoms with E-state index in [0.29, 0.717) is 0 Å². The first-order valence-electron chi connectivity index (χ1n) is 5.75. The van der Waals surface area contributed by atoms with E-state index < -0.39 is 11.4 Å². The van der Waals surface area contributed by atoms with Gasteiger partial charge in [0, 0.05) is 6.61 Å². The lowest BCUT2D eigenvalue weighted by atomic mass is 9.75. The van der Waals surface area contributed by atoms with Crippen LogP contribution in [0.4, 0.5) is 0 Å². The van der Waals surface area contributed by atoms with Crippen molar-refractivity contribution in [2.75, 3.05) is 6.61 Å². The van der Waals surface area contributed by atoms with Gasteiger partial charge in [-0.05, 0) is 50.8 Å². The van der Waals surface area contributed by atoms with E-state index in [1.54, 1.807) is 6.92 Å². The standard InChI is InChI=1S/C14H20O3/c1-9-7-10(2)12(11(3)8-9)14(4,5-6-15)13(16)17/h7-8,15H,5-6H2,1-4H3,(H,16,17). The second kappa shape index (κ2) is 4.88. The number of carboxylic acids is 1. The summed E-state index contributed by atoms with van der Waals surface area (Å²) >= 11 is 0. The third-order valence-electron chi connectivity index (χ3n) is 3.31. The van der Waals surface area contributed by atoms with Crippen molar-refractivity contribution in [1.82, 2.24) is 0 Å². The normalized spacial score (nSPS) is 14.4. The van der Waals surface area contributed by atoms with Crippen molar-refractivity contribution >= 4 is 5.97 Å². The quantitative estimate of drug-likeness (QED) is 0.843. The molecule has 17 heavy (non-hydrogen) atoms. The van der Waals surface area contributed by atoms with Crippen molar-refractivity contribution in [1.29, 1.82) is 0 Å². The topological polar surface area (TPSA) is 57.5 Å². The highest BCUT2D eigenvalue weighted by Gasteiger charge is 2.37. The molecule has 0 aliphatic carbocycles. The summed E-state index contributed by atoms with van der Waals surface area (Å²) < 4.78 is 0. The van der Waals surface area contributed by atoms with E-state index in [0.717, 1.165) is 22.3 Å². The van der Waals surface area contributed by atoms with E-state index in [9.17, 15) is 9.90 Å². The van der Waals surface area contributed by atoms with E-state index in [1.165, 1.54) is 0 Å². The Hall–Kier alpha value is -1.35. The SMILES string of the molecule is Cc1cc(C)c(C(C)(CCO)C(=O)O)c(C)c1. The Morgan fingerprint density at radius 2 is 1.71 bits per heavy atom. The summed E-state index contributed by atoms with van der Waals surface area (Å²) in [5, 5.41) is 18.5. The van der Waals surface area contributed by atoms with Crippen LogP contribution < -0.4 is 0 Å². The van der Waals surface area contributed by atoms with Crippen molar-refractivity contribution in [3.63, 3.8) is 0 Å². The molecule has 0 fully saturated rings. The van der Waals surface area contributed by atoms with Crippen LogP contribution in [0.1, 0.15) is 35.6 Å². The van der Waals surface area contributed by atoms with Gasteiger partial charge in [-0.1, -0.05) is 17.7 Å². The third-order valence-corrected chi connectivity index (χ3v) is 3.31. The maximum Gasteiger partial charge on any atom is 0.313 e. The summed E-state index contributed by atoms with van der Waals surface area (Å²) in [5.74, 6) is -0.887. The van der Waals surface area contributed by atoms with Gasteiger partial charge in [0.25, 0.3) is 0 Å². The second-order valence-electron chi connectivity index (χ2n) is 4.88. The lowest BCUT2D eigenvalue weighted by Crippen LogP contribution is -2.35. The van der Waals surface area contributed by atoms with E-state index in [2.05, 4.69) is 0 Å². The summed E-state index contributed by atoms with van der Waals surface area (Å²) in [5.41, 5.74) is 2.88. The molecule has 0 aromatic heterocycles. The molecule has 1 aromatic carbocycles. The predicted molar refractivity (Wildman–Crippen MR) is 67.3 cm³/mol. The number of aliphatic hydroxyl groups excluding tert-OH is 1. The highest BCUT2D eigenvalue weighted by molar-refractivity contribution is 5.82. The zero-order valence-electron chi connectivity index (χ0n) is 10.9. The number of aliphatic hydroxyl groups is 1. The molecule has 0 radical (unpaired) electrons. The van der Waals surface area contributed by atoms with Crippen molar-refractivity contribution < 1.29 is 15.0 Å². The number of aliphatic carboxylic acids is 1. The summed E-state index contributed by atoms with van der Waals surface area (Å²) in [7, 11) is 0. The molecular weight excluding hydrogens is 216 g/mol. The Balaban J connectivity index is 3.43. The molecule has 0 bridgehead atoms. The van der Waals surface area contributed by atoms with Gasteiger partial charge >= 0.3 is 5.97 Å². The number of benzene rings is 1. The van der Waals surface area contributed by atoms with Gasteiger partial charge in [-0.25, -0.2) is 0 Å². The van der Waals surface area contributed by atoms with Gasteiger partial charge in [-0.2, -0.15) is 0 Å². The second-order valence-corrected chi connectivity index (χ2v) is 4.88. The third kappa shape index (κ3) is 2.50. The first-order valence-corrected chi connectivity index (χ1v) is 5.75. The van der Waals surface area contributed by atoms with Crippen LogP contribution in [-0.2, 0) is 10.2 Å². The molecule has 0 aliphatic heterocycles. The molecule has 2 N–H and O–H groups in total. The molecule has 1 atom stereocenters. The smallest absolute Gasteiger partial charge is 0.313 e. The van der Waals surface area contributed by atoms with Gasteiger partial charge in [0.05, 0.1) is 5.41 Å². The van der Waals surface area contributed by atoms with Crippen LogP contribution >= 0.6 is 0 Å². The monoisotopic (exact) mass is 236 g/mol. The molecule has 1 rings (SSSR count).